The molecule has 1 atom stereocenters. The average molecular weight is 220 g/mol. The molecule has 0 aliphatic heterocycles. The normalized spacial score (nSPS) is 12.3. The van der Waals surface area contributed by atoms with Gasteiger partial charge in [0, 0.05) is 6.54 Å². The van der Waals surface area contributed by atoms with E-state index in [2.05, 4.69) is 38.2 Å². The second-order valence-electron chi connectivity index (χ2n) is 4.38. The first kappa shape index (κ1) is 12.7. The summed E-state index contributed by atoms with van der Waals surface area (Å²) in [4.78, 5) is 11.4. The molecule has 0 bridgehead atoms. The number of carbonyl (C=O) groups is 1. The molecule has 3 N–H and O–H groups in total. The molecule has 0 heterocycles. The van der Waals surface area contributed by atoms with Gasteiger partial charge in [-0.2, -0.15) is 0 Å². The van der Waals surface area contributed by atoms with E-state index in [1.165, 1.54) is 22.3 Å². The first-order chi connectivity index (χ1) is 7.41. The van der Waals surface area contributed by atoms with Gasteiger partial charge in [-0.3, -0.25) is 4.79 Å². The van der Waals surface area contributed by atoms with E-state index in [1.807, 2.05) is 0 Å². The number of amides is 1. The minimum Gasteiger partial charge on any atom is -0.351 e. The number of rotatable bonds is 3. The number of aryl methyl sites for hydroxylation is 3. The number of benzene rings is 1. The van der Waals surface area contributed by atoms with E-state index in [0.29, 0.717) is 6.54 Å². The second kappa shape index (κ2) is 5.12. The van der Waals surface area contributed by atoms with Gasteiger partial charge in [-0.1, -0.05) is 17.7 Å². The Bertz CT molecular complexity index is 374. The zero-order valence-corrected chi connectivity index (χ0v) is 10.4. The van der Waals surface area contributed by atoms with Crippen molar-refractivity contribution >= 4 is 5.91 Å². The molecule has 0 aromatic heterocycles. The van der Waals surface area contributed by atoms with Crippen LogP contribution in [0.4, 0.5) is 0 Å². The van der Waals surface area contributed by atoms with E-state index in [1.54, 1.807) is 6.92 Å². The van der Waals surface area contributed by atoms with Crippen molar-refractivity contribution in [1.82, 2.24) is 5.32 Å². The monoisotopic (exact) mass is 220 g/mol. The Hall–Kier alpha value is -1.35. The fourth-order valence-electron chi connectivity index (χ4n) is 1.83. The van der Waals surface area contributed by atoms with Crippen molar-refractivity contribution in [2.24, 2.45) is 5.73 Å². The summed E-state index contributed by atoms with van der Waals surface area (Å²) in [5, 5.41) is 2.84. The smallest absolute Gasteiger partial charge is 0.236 e. The van der Waals surface area contributed by atoms with E-state index >= 15 is 0 Å². The summed E-state index contributed by atoms with van der Waals surface area (Å²) in [5.41, 5.74) is 10.3. The number of carbonyl (C=O) groups excluding carboxylic acids is 1. The van der Waals surface area contributed by atoms with Gasteiger partial charge in [0.2, 0.25) is 5.91 Å². The van der Waals surface area contributed by atoms with Crippen LogP contribution in [0.25, 0.3) is 0 Å². The van der Waals surface area contributed by atoms with Gasteiger partial charge in [0.25, 0.3) is 0 Å². The van der Waals surface area contributed by atoms with E-state index in [-0.39, 0.29) is 5.91 Å². The number of nitrogens with one attached hydrogen (secondary N) is 1. The van der Waals surface area contributed by atoms with Crippen molar-refractivity contribution in [3.63, 3.8) is 0 Å². The Morgan fingerprint density at radius 3 is 2.25 bits per heavy atom. The van der Waals surface area contributed by atoms with Crippen LogP contribution in [0.15, 0.2) is 12.1 Å². The quantitative estimate of drug-likeness (QED) is 0.812. The number of hydrogen-bond donors (Lipinski definition) is 2. The van der Waals surface area contributed by atoms with Gasteiger partial charge in [-0.25, -0.2) is 0 Å². The molecule has 0 aliphatic rings. The van der Waals surface area contributed by atoms with Gasteiger partial charge in [-0.15, -0.1) is 0 Å². The number of hydrogen-bond acceptors (Lipinski definition) is 2. The van der Waals surface area contributed by atoms with Gasteiger partial charge >= 0.3 is 0 Å². The molecule has 1 aromatic carbocycles. The SMILES string of the molecule is Cc1cc(C)c(CNC(=O)C(C)N)c(C)c1. The molecule has 1 rings (SSSR count). The molecule has 3 nitrogen and oxygen atoms in total. The van der Waals surface area contributed by atoms with E-state index < -0.39 is 6.04 Å². The highest BCUT2D eigenvalue weighted by atomic mass is 16.2. The van der Waals surface area contributed by atoms with E-state index in [0.717, 1.165) is 0 Å². The van der Waals surface area contributed by atoms with Crippen LogP contribution in [0.1, 0.15) is 29.2 Å². The van der Waals surface area contributed by atoms with E-state index in [9.17, 15) is 4.79 Å². The summed E-state index contributed by atoms with van der Waals surface area (Å²) in [5.74, 6) is -0.112. The maximum absolute atomic E-state index is 11.4. The Morgan fingerprint density at radius 1 is 1.31 bits per heavy atom. The van der Waals surface area contributed by atoms with Crippen LogP contribution in [0.5, 0.6) is 0 Å². The Balaban J connectivity index is 2.78. The largest absolute Gasteiger partial charge is 0.351 e. The fraction of sp³-hybridized carbons (Fsp3) is 0.462. The van der Waals surface area contributed by atoms with Gasteiger partial charge in [0.15, 0.2) is 0 Å². The Morgan fingerprint density at radius 2 is 1.81 bits per heavy atom. The highest BCUT2D eigenvalue weighted by Gasteiger charge is 2.09. The molecule has 1 amide bonds. The summed E-state index contributed by atoms with van der Waals surface area (Å²) in [6, 6.07) is 3.80. The van der Waals surface area contributed by atoms with Crippen LogP contribution in [0.2, 0.25) is 0 Å². The highest BCUT2D eigenvalue weighted by molar-refractivity contribution is 5.81. The fourth-order valence-corrected chi connectivity index (χ4v) is 1.83. The molecule has 0 saturated heterocycles. The third-order valence-corrected chi connectivity index (χ3v) is 2.69. The van der Waals surface area contributed by atoms with Crippen LogP contribution in [-0.4, -0.2) is 11.9 Å². The van der Waals surface area contributed by atoms with Gasteiger partial charge in [0.1, 0.15) is 0 Å². The average Bonchev–Trinajstić information content (AvgIpc) is 2.15. The van der Waals surface area contributed by atoms with Crippen LogP contribution >= 0.6 is 0 Å². The van der Waals surface area contributed by atoms with Crippen LogP contribution in [0, 0.1) is 20.8 Å². The Kier molecular flexibility index (Phi) is 4.07. The van der Waals surface area contributed by atoms with Crippen molar-refractivity contribution < 1.29 is 4.79 Å². The van der Waals surface area contributed by atoms with Crippen LogP contribution in [0.3, 0.4) is 0 Å². The predicted molar refractivity (Wildman–Crippen MR) is 66.1 cm³/mol. The molecule has 0 aliphatic carbocycles. The molecule has 0 radical (unpaired) electrons. The summed E-state index contributed by atoms with van der Waals surface area (Å²) in [7, 11) is 0. The first-order valence-corrected chi connectivity index (χ1v) is 5.52. The Labute approximate surface area is 97.0 Å². The van der Waals surface area contributed by atoms with Crippen LogP contribution < -0.4 is 11.1 Å². The van der Waals surface area contributed by atoms with Crippen molar-refractivity contribution in [3.05, 3.63) is 34.4 Å². The lowest BCUT2D eigenvalue weighted by Crippen LogP contribution is -2.38. The summed E-state index contributed by atoms with van der Waals surface area (Å²) in [6.07, 6.45) is 0. The van der Waals surface area contributed by atoms with Gasteiger partial charge in [0.05, 0.1) is 6.04 Å². The van der Waals surface area contributed by atoms with Crippen LogP contribution in [-0.2, 0) is 11.3 Å². The minimum atomic E-state index is -0.453. The van der Waals surface area contributed by atoms with Gasteiger partial charge < -0.3 is 11.1 Å². The van der Waals surface area contributed by atoms with Crippen molar-refractivity contribution in [1.29, 1.82) is 0 Å². The predicted octanol–water partition coefficient (Wildman–Crippen LogP) is 1.58. The third kappa shape index (κ3) is 3.07. The molecule has 3 heteroatoms. The summed E-state index contributed by atoms with van der Waals surface area (Å²) in [6.45, 7) is 8.44. The summed E-state index contributed by atoms with van der Waals surface area (Å²) >= 11 is 0. The van der Waals surface area contributed by atoms with E-state index in [4.69, 9.17) is 5.73 Å². The van der Waals surface area contributed by atoms with Gasteiger partial charge in [-0.05, 0) is 44.4 Å². The first-order valence-electron chi connectivity index (χ1n) is 5.52. The second-order valence-corrected chi connectivity index (χ2v) is 4.38. The third-order valence-electron chi connectivity index (χ3n) is 2.69. The molecular formula is C13H20N2O. The van der Waals surface area contributed by atoms with Crippen molar-refractivity contribution in [2.45, 2.75) is 40.3 Å². The van der Waals surface area contributed by atoms with Crippen molar-refractivity contribution in [2.75, 3.05) is 0 Å². The molecule has 0 saturated carbocycles. The zero-order chi connectivity index (χ0) is 12.3. The molecule has 1 aromatic rings. The minimum absolute atomic E-state index is 0.112. The molecular weight excluding hydrogens is 200 g/mol. The molecule has 0 fully saturated rings. The topological polar surface area (TPSA) is 55.1 Å². The maximum atomic E-state index is 11.4. The zero-order valence-electron chi connectivity index (χ0n) is 10.4. The lowest BCUT2D eigenvalue weighted by atomic mass is 10.00. The lowest BCUT2D eigenvalue weighted by molar-refractivity contribution is -0.122. The molecule has 88 valence electrons. The molecule has 0 spiro atoms. The molecule has 16 heavy (non-hydrogen) atoms. The molecule has 1 unspecified atom stereocenters. The standard InChI is InChI=1S/C13H20N2O/c1-8-5-9(2)12(10(3)6-8)7-15-13(16)11(4)14/h5-6,11H,7,14H2,1-4H3,(H,15,16). The lowest BCUT2D eigenvalue weighted by Gasteiger charge is -2.13. The summed E-state index contributed by atoms with van der Waals surface area (Å²) < 4.78 is 0. The maximum Gasteiger partial charge on any atom is 0.236 e. The highest BCUT2D eigenvalue weighted by Crippen LogP contribution is 2.15. The number of nitrogens with two attached hydrogens (primary N) is 1. The van der Waals surface area contributed by atoms with Crippen molar-refractivity contribution in [3.8, 4) is 0 Å².